The van der Waals surface area contributed by atoms with Crippen LogP contribution in [0.25, 0.3) is 0 Å². The van der Waals surface area contributed by atoms with Crippen LogP contribution in [0.2, 0.25) is 0 Å². The van der Waals surface area contributed by atoms with Gasteiger partial charge in [-0.3, -0.25) is 0 Å². The van der Waals surface area contributed by atoms with Crippen LogP contribution in [0, 0.1) is 0 Å². The molecular weight excluding hydrogens is 266 g/mol. The number of benzene rings is 1. The van der Waals surface area contributed by atoms with Crippen LogP contribution in [0.5, 0.6) is 17.2 Å². The van der Waals surface area contributed by atoms with Gasteiger partial charge < -0.3 is 19.5 Å². The summed E-state index contributed by atoms with van der Waals surface area (Å²) in [6.45, 7) is 7.71. The molecule has 0 spiro atoms. The smallest absolute Gasteiger partial charge is 0.203 e. The van der Waals surface area contributed by atoms with Gasteiger partial charge in [-0.1, -0.05) is 20.8 Å². The Morgan fingerprint density at radius 3 is 2.33 bits per heavy atom. The SMILES string of the molecule is CCCNC1CC(C)(C)c2c1cc(OC)c(OC)c2OC. The molecule has 1 N–H and O–H groups in total. The highest BCUT2D eigenvalue weighted by atomic mass is 16.5. The molecular formula is C17H27NO3. The molecule has 1 atom stereocenters. The molecule has 0 heterocycles. The number of ether oxygens (including phenoxy) is 3. The van der Waals surface area contributed by atoms with Crippen molar-refractivity contribution in [2.24, 2.45) is 0 Å². The molecule has 1 aliphatic carbocycles. The summed E-state index contributed by atoms with van der Waals surface area (Å²) in [6, 6.07) is 2.43. The van der Waals surface area contributed by atoms with Crippen molar-refractivity contribution in [3.63, 3.8) is 0 Å². The van der Waals surface area contributed by atoms with Crippen LogP contribution in [0.15, 0.2) is 6.07 Å². The summed E-state index contributed by atoms with van der Waals surface area (Å²) in [4.78, 5) is 0. The zero-order chi connectivity index (χ0) is 15.6. The number of nitrogens with one attached hydrogen (secondary N) is 1. The van der Waals surface area contributed by atoms with Gasteiger partial charge in [-0.05, 0) is 36.4 Å². The average molecular weight is 293 g/mol. The Balaban J connectivity index is 2.60. The lowest BCUT2D eigenvalue weighted by molar-refractivity contribution is 0.318. The van der Waals surface area contributed by atoms with Gasteiger partial charge in [-0.2, -0.15) is 0 Å². The second-order valence-corrected chi connectivity index (χ2v) is 6.20. The molecule has 21 heavy (non-hydrogen) atoms. The van der Waals surface area contributed by atoms with Crippen molar-refractivity contribution in [2.45, 2.75) is 45.1 Å². The van der Waals surface area contributed by atoms with Crippen molar-refractivity contribution in [2.75, 3.05) is 27.9 Å². The minimum absolute atomic E-state index is 0.0473. The highest BCUT2D eigenvalue weighted by molar-refractivity contribution is 5.63. The molecule has 0 radical (unpaired) electrons. The first-order chi connectivity index (χ1) is 10.00. The Kier molecular flexibility index (Phi) is 4.67. The van der Waals surface area contributed by atoms with Gasteiger partial charge in [0.2, 0.25) is 5.75 Å². The summed E-state index contributed by atoms with van der Waals surface area (Å²) >= 11 is 0. The molecule has 0 bridgehead atoms. The van der Waals surface area contributed by atoms with Gasteiger partial charge in [0, 0.05) is 11.6 Å². The van der Waals surface area contributed by atoms with Crippen LogP contribution in [0.3, 0.4) is 0 Å². The first-order valence-electron chi connectivity index (χ1n) is 7.56. The maximum absolute atomic E-state index is 5.68. The maximum atomic E-state index is 5.68. The van der Waals surface area contributed by atoms with Gasteiger partial charge in [-0.25, -0.2) is 0 Å². The summed E-state index contributed by atoms with van der Waals surface area (Å²) in [6.07, 6.45) is 2.17. The Labute approximate surface area is 127 Å². The number of fused-ring (bicyclic) bond motifs is 1. The number of methoxy groups -OCH3 is 3. The lowest BCUT2D eigenvalue weighted by Crippen LogP contribution is -2.22. The molecule has 1 aromatic rings. The predicted octanol–water partition coefficient (Wildman–Crippen LogP) is 3.43. The molecule has 0 aromatic heterocycles. The maximum Gasteiger partial charge on any atom is 0.203 e. The van der Waals surface area contributed by atoms with Crippen LogP contribution < -0.4 is 19.5 Å². The van der Waals surface area contributed by atoms with Crippen LogP contribution in [0.4, 0.5) is 0 Å². The fraction of sp³-hybridized carbons (Fsp3) is 0.647. The average Bonchev–Trinajstić information content (AvgIpc) is 2.73. The van der Waals surface area contributed by atoms with Crippen molar-refractivity contribution in [3.05, 3.63) is 17.2 Å². The molecule has 1 aliphatic rings. The molecule has 2 rings (SSSR count). The summed E-state index contributed by atoms with van der Waals surface area (Å²) in [5.41, 5.74) is 2.55. The van der Waals surface area contributed by atoms with Crippen LogP contribution in [-0.4, -0.2) is 27.9 Å². The standard InChI is InChI=1S/C17H27NO3/c1-7-8-18-12-10-17(2,3)14-11(12)9-13(19-4)15(20-5)16(14)21-6/h9,12,18H,7-8,10H2,1-6H3. The van der Waals surface area contributed by atoms with E-state index in [2.05, 4.69) is 32.2 Å². The summed E-state index contributed by atoms with van der Waals surface area (Å²) < 4.78 is 16.7. The number of hydrogen-bond acceptors (Lipinski definition) is 4. The molecule has 118 valence electrons. The molecule has 0 aliphatic heterocycles. The minimum atomic E-state index is 0.0473. The van der Waals surface area contributed by atoms with E-state index in [4.69, 9.17) is 14.2 Å². The van der Waals surface area contributed by atoms with Crippen molar-refractivity contribution in [1.29, 1.82) is 0 Å². The topological polar surface area (TPSA) is 39.7 Å². The molecule has 0 saturated heterocycles. The summed E-state index contributed by atoms with van der Waals surface area (Å²) in [5.74, 6) is 2.22. The monoisotopic (exact) mass is 293 g/mol. The van der Waals surface area contributed by atoms with E-state index in [0.717, 1.165) is 30.9 Å². The quantitative estimate of drug-likeness (QED) is 0.872. The number of hydrogen-bond donors (Lipinski definition) is 1. The third-order valence-electron chi connectivity index (χ3n) is 4.27. The molecule has 4 nitrogen and oxygen atoms in total. The normalized spacial score (nSPS) is 19.2. The van der Waals surface area contributed by atoms with Gasteiger partial charge >= 0.3 is 0 Å². The Hall–Kier alpha value is -1.42. The molecule has 4 heteroatoms. The summed E-state index contributed by atoms with van der Waals surface area (Å²) in [7, 11) is 5.01. The lowest BCUT2D eigenvalue weighted by atomic mass is 9.85. The minimum Gasteiger partial charge on any atom is -0.493 e. The predicted molar refractivity (Wildman–Crippen MR) is 84.8 cm³/mol. The third kappa shape index (κ3) is 2.69. The van der Waals surface area contributed by atoms with Crippen molar-refractivity contribution >= 4 is 0 Å². The molecule has 0 fully saturated rings. The first kappa shape index (κ1) is 16.0. The third-order valence-corrected chi connectivity index (χ3v) is 4.27. The molecule has 0 amide bonds. The fourth-order valence-corrected chi connectivity index (χ4v) is 3.37. The molecule has 1 unspecified atom stereocenters. The second kappa shape index (κ2) is 6.14. The van der Waals surface area contributed by atoms with E-state index in [-0.39, 0.29) is 5.41 Å². The second-order valence-electron chi connectivity index (χ2n) is 6.20. The van der Waals surface area contributed by atoms with Crippen LogP contribution >= 0.6 is 0 Å². The van der Waals surface area contributed by atoms with E-state index in [0.29, 0.717) is 11.8 Å². The van der Waals surface area contributed by atoms with Gasteiger partial charge in [0.25, 0.3) is 0 Å². The largest absolute Gasteiger partial charge is 0.493 e. The molecule has 1 aromatic carbocycles. The van der Waals surface area contributed by atoms with E-state index in [1.807, 2.05) is 0 Å². The highest BCUT2D eigenvalue weighted by Crippen LogP contribution is 2.54. The van der Waals surface area contributed by atoms with Gasteiger partial charge in [0.05, 0.1) is 21.3 Å². The highest BCUT2D eigenvalue weighted by Gasteiger charge is 2.41. The lowest BCUT2D eigenvalue weighted by Gasteiger charge is -2.23. The fourth-order valence-electron chi connectivity index (χ4n) is 3.37. The first-order valence-corrected chi connectivity index (χ1v) is 7.56. The van der Waals surface area contributed by atoms with Crippen molar-refractivity contribution in [1.82, 2.24) is 5.32 Å². The van der Waals surface area contributed by atoms with E-state index in [1.54, 1.807) is 21.3 Å². The van der Waals surface area contributed by atoms with E-state index in [9.17, 15) is 0 Å². The Morgan fingerprint density at radius 2 is 1.81 bits per heavy atom. The zero-order valence-corrected chi connectivity index (χ0v) is 14.0. The van der Waals surface area contributed by atoms with E-state index in [1.165, 1.54) is 11.1 Å². The van der Waals surface area contributed by atoms with Crippen LogP contribution in [-0.2, 0) is 5.41 Å². The Bertz CT molecular complexity index is 511. The van der Waals surface area contributed by atoms with Gasteiger partial charge in [0.15, 0.2) is 11.5 Å². The van der Waals surface area contributed by atoms with Crippen molar-refractivity contribution < 1.29 is 14.2 Å². The van der Waals surface area contributed by atoms with Crippen molar-refractivity contribution in [3.8, 4) is 17.2 Å². The summed E-state index contributed by atoms with van der Waals surface area (Å²) in [5, 5.41) is 3.63. The van der Waals surface area contributed by atoms with Crippen LogP contribution in [0.1, 0.15) is 50.8 Å². The van der Waals surface area contributed by atoms with E-state index >= 15 is 0 Å². The zero-order valence-electron chi connectivity index (χ0n) is 14.0. The Morgan fingerprint density at radius 1 is 1.14 bits per heavy atom. The molecule has 0 saturated carbocycles. The number of rotatable bonds is 6. The van der Waals surface area contributed by atoms with E-state index < -0.39 is 0 Å². The van der Waals surface area contributed by atoms with Gasteiger partial charge in [-0.15, -0.1) is 0 Å². The van der Waals surface area contributed by atoms with Gasteiger partial charge in [0.1, 0.15) is 0 Å².